The number of sulfonamides is 1. The minimum Gasteiger partial charge on any atom is -0.386 e. The molecule has 18 heavy (non-hydrogen) atoms. The molecule has 5 nitrogen and oxygen atoms in total. The van der Waals surface area contributed by atoms with E-state index in [2.05, 4.69) is 0 Å². The van der Waals surface area contributed by atoms with Gasteiger partial charge in [0.25, 0.3) is 0 Å². The first kappa shape index (κ1) is 15.2. The molecule has 1 aliphatic rings. The van der Waals surface area contributed by atoms with Gasteiger partial charge in [-0.25, -0.2) is 8.42 Å². The Hall–Kier alpha value is -0.830. The van der Waals surface area contributed by atoms with E-state index < -0.39 is 40.8 Å². The Bertz CT molecular complexity index is 408. The third-order valence-electron chi connectivity index (χ3n) is 2.78. The van der Waals surface area contributed by atoms with Crippen LogP contribution in [0, 0.1) is 5.41 Å². The number of nitrogens with one attached hydrogen (secondary N) is 1. The molecule has 9 heteroatoms. The standard InChI is InChI=1S/C9H16F3N3O2S/c10-9(11,12)4-2-6-18(16,17)15-5-1-3-7(15)8(13)14/h7H,1-6H2,(H3,13,14). The fourth-order valence-corrected chi connectivity index (χ4v) is 3.71. The summed E-state index contributed by atoms with van der Waals surface area (Å²) in [5.41, 5.74) is 5.28. The molecule has 1 unspecified atom stereocenters. The third-order valence-corrected chi connectivity index (χ3v) is 4.74. The summed E-state index contributed by atoms with van der Waals surface area (Å²) in [5.74, 6) is -0.817. The molecule has 1 atom stereocenters. The number of amidine groups is 1. The van der Waals surface area contributed by atoms with Gasteiger partial charge in [0.2, 0.25) is 10.0 Å². The molecule has 0 bridgehead atoms. The van der Waals surface area contributed by atoms with Crippen molar-refractivity contribution in [2.24, 2.45) is 5.73 Å². The highest BCUT2D eigenvalue weighted by Crippen LogP contribution is 2.25. The maximum atomic E-state index is 12.0. The number of halogens is 3. The summed E-state index contributed by atoms with van der Waals surface area (Å²) in [7, 11) is -3.76. The molecule has 1 aliphatic heterocycles. The van der Waals surface area contributed by atoms with Crippen molar-refractivity contribution in [3.8, 4) is 0 Å². The van der Waals surface area contributed by atoms with Gasteiger partial charge < -0.3 is 5.73 Å². The first-order valence-corrected chi connectivity index (χ1v) is 7.14. The van der Waals surface area contributed by atoms with Gasteiger partial charge in [0.05, 0.1) is 11.8 Å². The van der Waals surface area contributed by atoms with Crippen molar-refractivity contribution >= 4 is 15.9 Å². The highest BCUT2D eigenvalue weighted by molar-refractivity contribution is 7.89. The highest BCUT2D eigenvalue weighted by Gasteiger charge is 2.36. The van der Waals surface area contributed by atoms with E-state index in [4.69, 9.17) is 11.1 Å². The predicted octanol–water partition coefficient (Wildman–Crippen LogP) is 1.06. The zero-order chi connectivity index (χ0) is 14.0. The maximum Gasteiger partial charge on any atom is 0.389 e. The second-order valence-corrected chi connectivity index (χ2v) is 6.30. The second kappa shape index (κ2) is 5.43. The predicted molar refractivity (Wildman–Crippen MR) is 60.7 cm³/mol. The van der Waals surface area contributed by atoms with Crippen LogP contribution in [-0.4, -0.2) is 43.1 Å². The smallest absolute Gasteiger partial charge is 0.386 e. The van der Waals surface area contributed by atoms with E-state index in [0.717, 1.165) is 4.31 Å². The van der Waals surface area contributed by atoms with Gasteiger partial charge in [0.15, 0.2) is 0 Å². The SMILES string of the molecule is N=C(N)C1CCCN1S(=O)(=O)CCCC(F)(F)F. The summed E-state index contributed by atoms with van der Waals surface area (Å²) in [5, 5.41) is 7.27. The Morgan fingerprint density at radius 3 is 2.56 bits per heavy atom. The number of rotatable bonds is 5. The molecule has 3 N–H and O–H groups in total. The van der Waals surface area contributed by atoms with Crippen molar-refractivity contribution in [1.29, 1.82) is 5.41 Å². The largest absolute Gasteiger partial charge is 0.389 e. The molecule has 0 amide bonds. The van der Waals surface area contributed by atoms with Crippen LogP contribution >= 0.6 is 0 Å². The topological polar surface area (TPSA) is 87.2 Å². The van der Waals surface area contributed by atoms with E-state index in [0.29, 0.717) is 12.8 Å². The number of nitrogens with two attached hydrogens (primary N) is 1. The molecule has 1 rings (SSSR count). The molecule has 0 radical (unpaired) electrons. The molecule has 0 aromatic rings. The van der Waals surface area contributed by atoms with Gasteiger partial charge in [0.1, 0.15) is 5.84 Å². The van der Waals surface area contributed by atoms with Crippen LogP contribution in [0.25, 0.3) is 0 Å². The molecular formula is C9H16F3N3O2S. The van der Waals surface area contributed by atoms with E-state index in [1.807, 2.05) is 0 Å². The van der Waals surface area contributed by atoms with Crippen LogP contribution in [-0.2, 0) is 10.0 Å². The van der Waals surface area contributed by atoms with Crippen LogP contribution in [0.15, 0.2) is 0 Å². The summed E-state index contributed by atoms with van der Waals surface area (Å²) in [6.07, 6.45) is -4.91. The lowest BCUT2D eigenvalue weighted by Crippen LogP contribution is -2.44. The lowest BCUT2D eigenvalue weighted by molar-refractivity contribution is -0.134. The average molecular weight is 287 g/mol. The van der Waals surface area contributed by atoms with Crippen LogP contribution in [0.4, 0.5) is 13.2 Å². The van der Waals surface area contributed by atoms with E-state index in [1.54, 1.807) is 0 Å². The van der Waals surface area contributed by atoms with E-state index >= 15 is 0 Å². The third kappa shape index (κ3) is 4.13. The van der Waals surface area contributed by atoms with Gasteiger partial charge in [-0.05, 0) is 19.3 Å². The van der Waals surface area contributed by atoms with Crippen molar-refractivity contribution in [2.45, 2.75) is 37.9 Å². The van der Waals surface area contributed by atoms with Crippen LogP contribution in [0.3, 0.4) is 0 Å². The van der Waals surface area contributed by atoms with Crippen molar-refractivity contribution in [1.82, 2.24) is 4.31 Å². The van der Waals surface area contributed by atoms with E-state index in [-0.39, 0.29) is 12.4 Å². The van der Waals surface area contributed by atoms with Crippen molar-refractivity contribution in [2.75, 3.05) is 12.3 Å². The molecule has 1 saturated heterocycles. The van der Waals surface area contributed by atoms with Crippen molar-refractivity contribution in [3.63, 3.8) is 0 Å². The van der Waals surface area contributed by atoms with E-state index in [9.17, 15) is 21.6 Å². The lowest BCUT2D eigenvalue weighted by Gasteiger charge is -2.23. The number of hydrogen-bond donors (Lipinski definition) is 2. The number of alkyl halides is 3. The summed E-state index contributed by atoms with van der Waals surface area (Å²) < 4.78 is 60.6. The molecule has 0 aromatic heterocycles. The average Bonchev–Trinajstić information content (AvgIpc) is 2.63. The molecule has 1 heterocycles. The number of hydrogen-bond acceptors (Lipinski definition) is 3. The van der Waals surface area contributed by atoms with Crippen LogP contribution in [0.2, 0.25) is 0 Å². The Labute approximate surface area is 104 Å². The quantitative estimate of drug-likeness (QED) is 0.585. The Morgan fingerprint density at radius 2 is 2.06 bits per heavy atom. The van der Waals surface area contributed by atoms with E-state index in [1.165, 1.54) is 0 Å². The molecule has 0 spiro atoms. The first-order chi connectivity index (χ1) is 8.13. The molecule has 106 valence electrons. The Kier molecular flexibility index (Phi) is 4.60. The van der Waals surface area contributed by atoms with Gasteiger partial charge in [-0.1, -0.05) is 0 Å². The minimum atomic E-state index is -4.35. The van der Waals surface area contributed by atoms with Crippen LogP contribution in [0.5, 0.6) is 0 Å². The van der Waals surface area contributed by atoms with Gasteiger partial charge in [-0.15, -0.1) is 0 Å². The normalized spacial score (nSPS) is 22.3. The monoisotopic (exact) mass is 287 g/mol. The summed E-state index contributed by atoms with van der Waals surface area (Å²) in [6, 6.07) is -0.694. The molecule has 0 aromatic carbocycles. The fourth-order valence-electron chi connectivity index (χ4n) is 1.96. The van der Waals surface area contributed by atoms with Gasteiger partial charge in [-0.2, -0.15) is 17.5 Å². The Morgan fingerprint density at radius 1 is 1.44 bits per heavy atom. The van der Waals surface area contributed by atoms with Crippen LogP contribution in [0.1, 0.15) is 25.7 Å². The maximum absolute atomic E-state index is 12.0. The fraction of sp³-hybridized carbons (Fsp3) is 0.889. The second-order valence-electron chi connectivity index (χ2n) is 4.26. The Balaban J connectivity index is 2.61. The molecule has 0 aliphatic carbocycles. The van der Waals surface area contributed by atoms with Gasteiger partial charge >= 0.3 is 6.18 Å². The molecule has 0 saturated carbocycles. The number of nitrogens with zero attached hydrogens (tertiary/aromatic N) is 1. The van der Waals surface area contributed by atoms with Gasteiger partial charge in [-0.3, -0.25) is 5.41 Å². The molecule has 1 fully saturated rings. The highest BCUT2D eigenvalue weighted by atomic mass is 32.2. The summed E-state index contributed by atoms with van der Waals surface area (Å²) in [4.78, 5) is 0. The zero-order valence-electron chi connectivity index (χ0n) is 9.70. The van der Waals surface area contributed by atoms with Gasteiger partial charge in [0, 0.05) is 13.0 Å². The lowest BCUT2D eigenvalue weighted by atomic mass is 10.2. The van der Waals surface area contributed by atoms with Crippen LogP contribution < -0.4 is 5.73 Å². The van der Waals surface area contributed by atoms with Crippen molar-refractivity contribution in [3.05, 3.63) is 0 Å². The molecular weight excluding hydrogens is 271 g/mol. The van der Waals surface area contributed by atoms with Crippen molar-refractivity contribution < 1.29 is 21.6 Å². The summed E-state index contributed by atoms with van der Waals surface area (Å²) in [6.45, 7) is 0.221. The summed E-state index contributed by atoms with van der Waals surface area (Å²) >= 11 is 0. The first-order valence-electron chi connectivity index (χ1n) is 5.54. The minimum absolute atomic E-state index is 0.221. The zero-order valence-corrected chi connectivity index (χ0v) is 10.5.